The molecule has 1 aliphatic heterocycles. The van der Waals surface area contributed by atoms with Crippen LogP contribution in [0.5, 0.6) is 0 Å². The Labute approximate surface area is 96.2 Å². The predicted molar refractivity (Wildman–Crippen MR) is 61.6 cm³/mol. The molecule has 1 heterocycles. The lowest BCUT2D eigenvalue weighted by atomic mass is 9.93. The largest absolute Gasteiger partial charge is 0.409 e. The molecule has 5 nitrogen and oxygen atoms in total. The summed E-state index contributed by atoms with van der Waals surface area (Å²) in [5.41, 5.74) is 5.59. The van der Waals surface area contributed by atoms with E-state index in [0.717, 1.165) is 13.1 Å². The van der Waals surface area contributed by atoms with E-state index in [1.54, 1.807) is 0 Å². The van der Waals surface area contributed by atoms with E-state index in [-0.39, 0.29) is 11.9 Å². The lowest BCUT2D eigenvalue weighted by Crippen LogP contribution is -2.52. The Bertz CT molecular complexity index is 252. The van der Waals surface area contributed by atoms with E-state index in [4.69, 9.17) is 15.7 Å². The minimum absolute atomic E-state index is 0.195. The van der Waals surface area contributed by atoms with E-state index in [2.05, 4.69) is 10.1 Å². The molecule has 2 rings (SSSR count). The lowest BCUT2D eigenvalue weighted by molar-refractivity contribution is -0.0194. The van der Waals surface area contributed by atoms with Crippen LogP contribution in [0, 0.1) is 0 Å². The van der Waals surface area contributed by atoms with Gasteiger partial charge >= 0.3 is 0 Å². The topological polar surface area (TPSA) is 71.1 Å². The zero-order valence-electron chi connectivity index (χ0n) is 9.64. The maximum atomic E-state index is 8.65. The van der Waals surface area contributed by atoms with E-state index in [1.165, 1.54) is 32.1 Å². The molecule has 0 unspecified atom stereocenters. The normalized spacial score (nSPS) is 30.5. The van der Waals surface area contributed by atoms with Crippen LogP contribution in [0.3, 0.4) is 0 Å². The summed E-state index contributed by atoms with van der Waals surface area (Å²) in [5, 5.41) is 11.7. The molecule has 2 aliphatic rings. The number of oxime groups is 1. The molecule has 0 spiro atoms. The minimum atomic E-state index is -0.235. The third kappa shape index (κ3) is 2.65. The molecule has 0 aromatic carbocycles. The molecule has 0 radical (unpaired) electrons. The van der Waals surface area contributed by atoms with E-state index in [0.29, 0.717) is 12.6 Å². The highest BCUT2D eigenvalue weighted by molar-refractivity contribution is 5.84. The van der Waals surface area contributed by atoms with Crippen LogP contribution in [0.1, 0.15) is 32.1 Å². The average Bonchev–Trinajstić information content (AvgIpc) is 2.39. The van der Waals surface area contributed by atoms with Crippen LogP contribution < -0.4 is 5.73 Å². The van der Waals surface area contributed by atoms with E-state index >= 15 is 0 Å². The Hall–Kier alpha value is -0.810. The summed E-state index contributed by atoms with van der Waals surface area (Å²) in [6, 6.07) is 0.673. The molecule has 1 atom stereocenters. The summed E-state index contributed by atoms with van der Waals surface area (Å²) < 4.78 is 5.49. The van der Waals surface area contributed by atoms with Gasteiger partial charge in [0.25, 0.3) is 0 Å². The summed E-state index contributed by atoms with van der Waals surface area (Å²) >= 11 is 0. The number of morpholine rings is 1. The number of nitrogens with zero attached hydrogens (tertiary/aromatic N) is 2. The molecular weight excluding hydrogens is 206 g/mol. The number of ether oxygens (including phenoxy) is 1. The molecular formula is C11H21N3O2. The van der Waals surface area contributed by atoms with Gasteiger partial charge in [-0.3, -0.25) is 4.90 Å². The first kappa shape index (κ1) is 11.7. The number of nitrogens with two attached hydrogens (primary N) is 1. The molecule has 1 saturated heterocycles. The summed E-state index contributed by atoms with van der Waals surface area (Å²) in [5.74, 6) is 0.195. The van der Waals surface area contributed by atoms with Gasteiger partial charge in [-0.05, 0) is 12.8 Å². The van der Waals surface area contributed by atoms with Crippen LogP contribution in [-0.2, 0) is 4.74 Å². The first-order valence-corrected chi connectivity index (χ1v) is 6.14. The fraction of sp³-hybridized carbons (Fsp3) is 0.909. The van der Waals surface area contributed by atoms with Gasteiger partial charge in [0.1, 0.15) is 6.10 Å². The fourth-order valence-electron chi connectivity index (χ4n) is 2.69. The Morgan fingerprint density at radius 1 is 1.31 bits per heavy atom. The van der Waals surface area contributed by atoms with Crippen LogP contribution in [-0.4, -0.2) is 47.8 Å². The van der Waals surface area contributed by atoms with Crippen LogP contribution in [0.25, 0.3) is 0 Å². The smallest absolute Gasteiger partial charge is 0.169 e. The molecule has 92 valence electrons. The lowest BCUT2D eigenvalue weighted by Gasteiger charge is -2.39. The Morgan fingerprint density at radius 2 is 2.06 bits per heavy atom. The maximum Gasteiger partial charge on any atom is 0.169 e. The van der Waals surface area contributed by atoms with Crippen LogP contribution >= 0.6 is 0 Å². The first-order valence-electron chi connectivity index (χ1n) is 6.14. The van der Waals surface area contributed by atoms with Crippen molar-refractivity contribution in [3.05, 3.63) is 0 Å². The maximum absolute atomic E-state index is 8.65. The van der Waals surface area contributed by atoms with Gasteiger partial charge in [-0.25, -0.2) is 0 Å². The molecule has 2 fully saturated rings. The van der Waals surface area contributed by atoms with Crippen molar-refractivity contribution < 1.29 is 9.94 Å². The van der Waals surface area contributed by atoms with Crippen molar-refractivity contribution in [2.75, 3.05) is 19.7 Å². The molecule has 3 N–H and O–H groups in total. The second-order valence-electron chi connectivity index (χ2n) is 4.67. The Balaban J connectivity index is 1.90. The summed E-state index contributed by atoms with van der Waals surface area (Å²) in [6.45, 7) is 2.41. The van der Waals surface area contributed by atoms with Crippen molar-refractivity contribution in [2.45, 2.75) is 44.2 Å². The van der Waals surface area contributed by atoms with Crippen molar-refractivity contribution >= 4 is 5.84 Å². The van der Waals surface area contributed by atoms with Crippen molar-refractivity contribution in [1.29, 1.82) is 0 Å². The third-order valence-corrected chi connectivity index (χ3v) is 3.63. The van der Waals surface area contributed by atoms with Crippen molar-refractivity contribution in [3.63, 3.8) is 0 Å². The van der Waals surface area contributed by atoms with Gasteiger partial charge in [-0.1, -0.05) is 24.4 Å². The molecule has 5 heteroatoms. The molecule has 0 bridgehead atoms. The summed E-state index contributed by atoms with van der Waals surface area (Å²) in [7, 11) is 0. The van der Waals surface area contributed by atoms with Gasteiger partial charge in [0.05, 0.1) is 6.61 Å². The Kier molecular flexibility index (Phi) is 4.01. The highest BCUT2D eigenvalue weighted by atomic mass is 16.5. The average molecular weight is 227 g/mol. The van der Waals surface area contributed by atoms with Gasteiger partial charge in [-0.15, -0.1) is 0 Å². The first-order chi connectivity index (χ1) is 7.81. The monoisotopic (exact) mass is 227 g/mol. The van der Waals surface area contributed by atoms with Crippen LogP contribution in [0.15, 0.2) is 5.16 Å². The molecule has 1 aliphatic carbocycles. The van der Waals surface area contributed by atoms with E-state index in [1.807, 2.05) is 0 Å². The van der Waals surface area contributed by atoms with Crippen molar-refractivity contribution in [1.82, 2.24) is 4.90 Å². The molecule has 16 heavy (non-hydrogen) atoms. The molecule has 0 aromatic rings. The van der Waals surface area contributed by atoms with E-state index < -0.39 is 0 Å². The SMILES string of the molecule is N/C(=N/O)[C@H]1CN(C2CCCCC2)CCO1. The second kappa shape index (κ2) is 5.50. The van der Waals surface area contributed by atoms with Gasteiger partial charge in [0.15, 0.2) is 5.84 Å². The zero-order chi connectivity index (χ0) is 11.4. The van der Waals surface area contributed by atoms with Crippen LogP contribution in [0.4, 0.5) is 0 Å². The second-order valence-corrected chi connectivity index (χ2v) is 4.67. The van der Waals surface area contributed by atoms with Crippen molar-refractivity contribution in [3.8, 4) is 0 Å². The standard InChI is InChI=1S/C11H21N3O2/c12-11(13-15)10-8-14(6-7-16-10)9-4-2-1-3-5-9/h9-10,15H,1-8H2,(H2,12,13)/t10-/m1/s1. The number of rotatable bonds is 2. The Morgan fingerprint density at radius 3 is 2.75 bits per heavy atom. The minimum Gasteiger partial charge on any atom is -0.409 e. The predicted octanol–water partition coefficient (Wildman–Crippen LogP) is 0.766. The highest BCUT2D eigenvalue weighted by Crippen LogP contribution is 2.24. The third-order valence-electron chi connectivity index (χ3n) is 3.63. The number of amidine groups is 1. The highest BCUT2D eigenvalue weighted by Gasteiger charge is 2.29. The molecule has 0 amide bonds. The zero-order valence-corrected chi connectivity index (χ0v) is 9.64. The van der Waals surface area contributed by atoms with Crippen LogP contribution in [0.2, 0.25) is 0 Å². The van der Waals surface area contributed by atoms with Gasteiger partial charge in [0, 0.05) is 19.1 Å². The molecule has 0 aromatic heterocycles. The quantitative estimate of drug-likeness (QED) is 0.316. The van der Waals surface area contributed by atoms with E-state index in [9.17, 15) is 0 Å². The molecule has 1 saturated carbocycles. The van der Waals surface area contributed by atoms with Gasteiger partial charge in [-0.2, -0.15) is 0 Å². The number of hydrogen-bond donors (Lipinski definition) is 2. The number of hydrogen-bond acceptors (Lipinski definition) is 4. The van der Waals surface area contributed by atoms with Gasteiger partial charge < -0.3 is 15.7 Å². The van der Waals surface area contributed by atoms with Gasteiger partial charge in [0.2, 0.25) is 0 Å². The summed E-state index contributed by atoms with van der Waals surface area (Å²) in [6.07, 6.45) is 6.35. The summed E-state index contributed by atoms with van der Waals surface area (Å²) in [4.78, 5) is 2.44. The fourth-order valence-corrected chi connectivity index (χ4v) is 2.69. The van der Waals surface area contributed by atoms with Crippen molar-refractivity contribution in [2.24, 2.45) is 10.9 Å².